The summed E-state index contributed by atoms with van der Waals surface area (Å²) >= 11 is 7.38. The van der Waals surface area contributed by atoms with Crippen molar-refractivity contribution in [3.05, 3.63) is 83.5 Å². The normalized spacial score (nSPS) is 15.5. The molecular weight excluding hydrogens is 472 g/mol. The topological polar surface area (TPSA) is 89.4 Å². The molecule has 3 aromatic heterocycles. The summed E-state index contributed by atoms with van der Waals surface area (Å²) < 4.78 is 7.62. The summed E-state index contributed by atoms with van der Waals surface area (Å²) in [6, 6.07) is 14.6. The number of carbonyl (C=O) groups is 1. The number of hydrazone groups is 1. The quantitative estimate of drug-likeness (QED) is 0.334. The van der Waals surface area contributed by atoms with Crippen molar-refractivity contribution in [1.82, 2.24) is 24.8 Å². The number of aromatic nitrogens is 4. The third-order valence-electron chi connectivity index (χ3n) is 5.51. The molecule has 1 aromatic carbocycles. The van der Waals surface area contributed by atoms with Crippen molar-refractivity contribution in [2.45, 2.75) is 31.1 Å². The molecule has 34 heavy (non-hydrogen) atoms. The van der Waals surface area contributed by atoms with Gasteiger partial charge < -0.3 is 8.98 Å². The van der Waals surface area contributed by atoms with E-state index in [1.54, 1.807) is 18.7 Å². The van der Waals surface area contributed by atoms with Gasteiger partial charge in [-0.15, -0.1) is 10.2 Å². The van der Waals surface area contributed by atoms with Gasteiger partial charge in [-0.2, -0.15) is 5.10 Å². The zero-order valence-electron chi connectivity index (χ0n) is 18.3. The van der Waals surface area contributed by atoms with Gasteiger partial charge in [-0.25, -0.2) is 5.01 Å². The highest BCUT2D eigenvalue weighted by atomic mass is 35.5. The van der Waals surface area contributed by atoms with Crippen LogP contribution in [0.3, 0.4) is 0 Å². The van der Waals surface area contributed by atoms with Gasteiger partial charge in [0.25, 0.3) is 5.91 Å². The molecule has 172 valence electrons. The molecule has 8 nitrogen and oxygen atoms in total. The lowest BCUT2D eigenvalue weighted by Gasteiger charge is -2.19. The zero-order valence-corrected chi connectivity index (χ0v) is 19.9. The van der Waals surface area contributed by atoms with Crippen LogP contribution in [0.4, 0.5) is 0 Å². The van der Waals surface area contributed by atoms with Crippen LogP contribution in [-0.2, 0) is 11.3 Å². The van der Waals surface area contributed by atoms with Crippen LogP contribution in [0.1, 0.15) is 30.7 Å². The number of hydrogen-bond donors (Lipinski definition) is 0. The Morgan fingerprint density at radius 1 is 1.12 bits per heavy atom. The Morgan fingerprint density at radius 2 is 1.91 bits per heavy atom. The molecule has 1 amide bonds. The number of amides is 1. The van der Waals surface area contributed by atoms with Crippen LogP contribution in [0.5, 0.6) is 0 Å². The molecule has 0 aliphatic carbocycles. The van der Waals surface area contributed by atoms with Crippen LogP contribution in [-0.4, -0.2) is 42.1 Å². The number of halogens is 1. The third kappa shape index (κ3) is 4.49. The number of rotatable bonds is 7. The number of hydrogen-bond acceptors (Lipinski definition) is 7. The van der Waals surface area contributed by atoms with E-state index in [4.69, 9.17) is 16.0 Å². The number of carbonyl (C=O) groups excluding carboxylic acids is 1. The van der Waals surface area contributed by atoms with Crippen LogP contribution >= 0.6 is 23.4 Å². The van der Waals surface area contributed by atoms with Crippen molar-refractivity contribution in [3.8, 4) is 11.4 Å². The van der Waals surface area contributed by atoms with Crippen LogP contribution in [0.2, 0.25) is 5.02 Å². The smallest absolute Gasteiger partial charge is 0.253 e. The summed E-state index contributed by atoms with van der Waals surface area (Å²) in [6.07, 6.45) is 5.61. The summed E-state index contributed by atoms with van der Waals surface area (Å²) in [5, 5.41) is 16.2. The standard InChI is InChI=1S/C24H21ClN6O2S/c1-2-30-23(17-9-11-26-12-10-17)27-28-24(30)34-15-22(32)31-20(21-4-3-13-33-21)14-19(29-31)16-5-7-18(25)8-6-16/h3-13,20H,2,14-15H2,1H3/t20-/m0/s1. The Balaban J connectivity index is 1.36. The molecule has 0 spiro atoms. The Kier molecular flexibility index (Phi) is 6.46. The number of benzene rings is 1. The van der Waals surface area contributed by atoms with E-state index in [0.717, 1.165) is 22.7 Å². The van der Waals surface area contributed by atoms with Gasteiger partial charge in [0.1, 0.15) is 11.8 Å². The number of furan rings is 1. The van der Waals surface area contributed by atoms with E-state index in [9.17, 15) is 4.79 Å². The summed E-state index contributed by atoms with van der Waals surface area (Å²) in [5.74, 6) is 1.48. The predicted octanol–water partition coefficient (Wildman–Crippen LogP) is 5.08. The Bertz CT molecular complexity index is 1310. The first-order valence-corrected chi connectivity index (χ1v) is 12.2. The lowest BCUT2D eigenvalue weighted by molar-refractivity contribution is -0.130. The summed E-state index contributed by atoms with van der Waals surface area (Å²) in [6.45, 7) is 2.70. The largest absolute Gasteiger partial charge is 0.467 e. The first-order chi connectivity index (χ1) is 16.6. The number of nitrogens with zero attached hydrogens (tertiary/aromatic N) is 6. The third-order valence-corrected chi connectivity index (χ3v) is 6.71. The summed E-state index contributed by atoms with van der Waals surface area (Å²) in [4.78, 5) is 17.4. The van der Waals surface area contributed by atoms with Crippen LogP contribution in [0.25, 0.3) is 11.4 Å². The van der Waals surface area contributed by atoms with Crippen molar-refractivity contribution < 1.29 is 9.21 Å². The maximum Gasteiger partial charge on any atom is 0.253 e. The predicted molar refractivity (Wildman–Crippen MR) is 131 cm³/mol. The highest BCUT2D eigenvalue weighted by molar-refractivity contribution is 7.99. The molecule has 0 bridgehead atoms. The Hall–Kier alpha value is -3.43. The molecule has 0 radical (unpaired) electrons. The van der Waals surface area contributed by atoms with Crippen molar-refractivity contribution in [3.63, 3.8) is 0 Å². The second-order valence-electron chi connectivity index (χ2n) is 7.60. The fourth-order valence-corrected chi connectivity index (χ4v) is 4.83. The fraction of sp³-hybridized carbons (Fsp3) is 0.208. The SMILES string of the molecule is CCn1c(SCC(=O)N2N=C(c3ccc(Cl)cc3)C[C@H]2c2ccco2)nnc1-c1ccncc1. The van der Waals surface area contributed by atoms with Gasteiger partial charge >= 0.3 is 0 Å². The van der Waals surface area contributed by atoms with Gasteiger partial charge in [-0.1, -0.05) is 35.5 Å². The minimum atomic E-state index is -0.301. The highest BCUT2D eigenvalue weighted by Gasteiger charge is 2.35. The zero-order chi connectivity index (χ0) is 23.5. The molecule has 0 saturated heterocycles. The maximum absolute atomic E-state index is 13.3. The monoisotopic (exact) mass is 492 g/mol. The van der Waals surface area contributed by atoms with E-state index in [-0.39, 0.29) is 17.7 Å². The van der Waals surface area contributed by atoms with Crippen molar-refractivity contribution in [2.24, 2.45) is 5.10 Å². The average molecular weight is 493 g/mol. The summed E-state index contributed by atoms with van der Waals surface area (Å²) in [7, 11) is 0. The van der Waals surface area contributed by atoms with E-state index in [2.05, 4.69) is 20.3 Å². The minimum absolute atomic E-state index is 0.133. The summed E-state index contributed by atoms with van der Waals surface area (Å²) in [5.41, 5.74) is 2.67. The van der Waals surface area contributed by atoms with Crippen LogP contribution in [0.15, 0.2) is 81.9 Å². The Labute approximate surface area is 205 Å². The van der Waals surface area contributed by atoms with Gasteiger partial charge in [0.2, 0.25) is 0 Å². The average Bonchev–Trinajstić information content (AvgIpc) is 3.63. The highest BCUT2D eigenvalue weighted by Crippen LogP contribution is 2.34. The van der Waals surface area contributed by atoms with Gasteiger partial charge in [-0.3, -0.25) is 9.78 Å². The molecule has 1 aliphatic rings. The maximum atomic E-state index is 13.3. The van der Waals surface area contributed by atoms with E-state index >= 15 is 0 Å². The molecule has 4 heterocycles. The lowest BCUT2D eigenvalue weighted by atomic mass is 10.0. The molecule has 5 rings (SSSR count). The van der Waals surface area contributed by atoms with E-state index in [1.807, 2.05) is 60.0 Å². The van der Waals surface area contributed by atoms with Gasteiger partial charge in [0, 0.05) is 35.9 Å². The molecule has 1 atom stereocenters. The number of pyridine rings is 1. The molecule has 1 aliphatic heterocycles. The van der Waals surface area contributed by atoms with Gasteiger partial charge in [-0.05, 0) is 48.9 Å². The molecule has 0 saturated carbocycles. The van der Waals surface area contributed by atoms with E-state index < -0.39 is 0 Å². The second-order valence-corrected chi connectivity index (χ2v) is 8.98. The molecule has 0 fully saturated rings. The molecule has 10 heteroatoms. The molecular formula is C24H21ClN6O2S. The Morgan fingerprint density at radius 3 is 2.62 bits per heavy atom. The van der Waals surface area contributed by atoms with Gasteiger partial charge in [0.15, 0.2) is 11.0 Å². The molecule has 0 unspecified atom stereocenters. The minimum Gasteiger partial charge on any atom is -0.467 e. The van der Waals surface area contributed by atoms with Crippen molar-refractivity contribution in [2.75, 3.05) is 5.75 Å². The van der Waals surface area contributed by atoms with Crippen LogP contribution < -0.4 is 0 Å². The second kappa shape index (κ2) is 9.82. The van der Waals surface area contributed by atoms with Gasteiger partial charge in [0.05, 0.1) is 17.7 Å². The van der Waals surface area contributed by atoms with E-state index in [0.29, 0.717) is 28.9 Å². The van der Waals surface area contributed by atoms with E-state index in [1.165, 1.54) is 16.8 Å². The first kappa shape index (κ1) is 22.4. The van der Waals surface area contributed by atoms with Crippen LogP contribution in [0, 0.1) is 0 Å². The number of thioether (sulfide) groups is 1. The molecule has 4 aromatic rings. The van der Waals surface area contributed by atoms with Crippen molar-refractivity contribution in [1.29, 1.82) is 0 Å². The molecule has 0 N–H and O–H groups in total. The lowest BCUT2D eigenvalue weighted by Crippen LogP contribution is -2.28. The first-order valence-electron chi connectivity index (χ1n) is 10.8. The van der Waals surface area contributed by atoms with Crippen molar-refractivity contribution >= 4 is 35.0 Å². The fourth-order valence-electron chi connectivity index (χ4n) is 3.85.